The molecule has 0 aliphatic heterocycles. The number of hydrogen-bond acceptors (Lipinski definition) is 4. The van der Waals surface area contributed by atoms with E-state index in [1.165, 1.54) is 11.8 Å². The first kappa shape index (κ1) is 12.8. The van der Waals surface area contributed by atoms with Crippen LogP contribution in [0.1, 0.15) is 36.5 Å². The molecule has 0 aliphatic rings. The molecule has 1 heterocycles. The van der Waals surface area contributed by atoms with Crippen LogP contribution in [-0.2, 0) is 0 Å². The number of H-pyrrole nitrogens is 1. The molecule has 0 spiro atoms. The summed E-state index contributed by atoms with van der Waals surface area (Å²) in [5, 5.41) is 9.11. The van der Waals surface area contributed by atoms with Crippen molar-refractivity contribution in [3.8, 4) is 0 Å². The molecule has 0 saturated carbocycles. The van der Waals surface area contributed by atoms with E-state index in [0.29, 0.717) is 5.16 Å². The Bertz CT molecular complexity index is 417. The molecular formula is C10H14N2O3S. The highest BCUT2D eigenvalue weighted by atomic mass is 32.2. The Morgan fingerprint density at radius 3 is 2.88 bits per heavy atom. The molecule has 2 N–H and O–H groups in total. The Morgan fingerprint density at radius 2 is 2.31 bits per heavy atom. The number of aromatic nitrogens is 2. The molecule has 1 aromatic heterocycles. The summed E-state index contributed by atoms with van der Waals surface area (Å²) in [7, 11) is 0. The van der Waals surface area contributed by atoms with Gasteiger partial charge in [-0.25, -0.2) is 9.78 Å². The van der Waals surface area contributed by atoms with Gasteiger partial charge in [-0.2, -0.15) is 0 Å². The zero-order chi connectivity index (χ0) is 12.0. The van der Waals surface area contributed by atoms with Gasteiger partial charge in [-0.05, 0) is 6.42 Å². The van der Waals surface area contributed by atoms with Crippen molar-refractivity contribution in [3.05, 3.63) is 22.1 Å². The van der Waals surface area contributed by atoms with E-state index in [-0.39, 0.29) is 5.56 Å². The molecule has 16 heavy (non-hydrogen) atoms. The second-order valence-corrected chi connectivity index (χ2v) is 4.38. The molecular weight excluding hydrogens is 228 g/mol. The largest absolute Gasteiger partial charge is 0.477 e. The fraction of sp³-hybridized carbons (Fsp3) is 0.500. The van der Waals surface area contributed by atoms with Crippen LogP contribution in [0.15, 0.2) is 16.1 Å². The van der Waals surface area contributed by atoms with Gasteiger partial charge in [0.1, 0.15) is 5.56 Å². The number of hydrogen-bond donors (Lipinski definition) is 2. The zero-order valence-electron chi connectivity index (χ0n) is 9.02. The third-order valence-corrected chi connectivity index (χ3v) is 2.97. The molecule has 0 aliphatic carbocycles. The van der Waals surface area contributed by atoms with E-state index in [2.05, 4.69) is 16.9 Å². The Balaban J connectivity index is 2.60. The van der Waals surface area contributed by atoms with Gasteiger partial charge in [-0.1, -0.05) is 31.5 Å². The van der Waals surface area contributed by atoms with Crippen LogP contribution < -0.4 is 5.56 Å². The number of nitrogens with one attached hydrogen (secondary N) is 1. The van der Waals surface area contributed by atoms with Gasteiger partial charge in [-0.3, -0.25) is 4.79 Å². The van der Waals surface area contributed by atoms with E-state index < -0.39 is 11.5 Å². The lowest BCUT2D eigenvalue weighted by molar-refractivity contribution is 0.0694. The average molecular weight is 242 g/mol. The van der Waals surface area contributed by atoms with Crippen LogP contribution in [0.2, 0.25) is 0 Å². The minimum Gasteiger partial charge on any atom is -0.477 e. The van der Waals surface area contributed by atoms with E-state index in [1.54, 1.807) is 0 Å². The maximum absolute atomic E-state index is 11.3. The van der Waals surface area contributed by atoms with Gasteiger partial charge in [0.05, 0.1) is 0 Å². The molecule has 88 valence electrons. The number of thioether (sulfide) groups is 1. The number of nitrogens with zero attached hydrogens (tertiary/aromatic N) is 1. The van der Waals surface area contributed by atoms with E-state index in [9.17, 15) is 9.59 Å². The number of carbonyl (C=O) groups is 1. The molecule has 1 rings (SSSR count). The van der Waals surface area contributed by atoms with E-state index in [4.69, 9.17) is 5.11 Å². The third kappa shape index (κ3) is 3.69. The van der Waals surface area contributed by atoms with E-state index >= 15 is 0 Å². The molecule has 0 atom stereocenters. The topological polar surface area (TPSA) is 83.0 Å². The standard InChI is InChI=1S/C10H14N2O3S/c1-2-3-4-5-16-10-11-6-7(9(14)15)8(13)12-10/h6H,2-5H2,1H3,(H,14,15)(H,11,12,13). The molecule has 0 aromatic carbocycles. The highest BCUT2D eigenvalue weighted by molar-refractivity contribution is 7.99. The molecule has 1 aromatic rings. The number of rotatable bonds is 6. The summed E-state index contributed by atoms with van der Waals surface area (Å²) < 4.78 is 0. The summed E-state index contributed by atoms with van der Waals surface area (Å²) in [5.41, 5.74) is -0.918. The minimum atomic E-state index is -1.25. The van der Waals surface area contributed by atoms with Crippen molar-refractivity contribution >= 4 is 17.7 Å². The lowest BCUT2D eigenvalue weighted by Crippen LogP contribution is -2.18. The van der Waals surface area contributed by atoms with Gasteiger partial charge < -0.3 is 10.1 Å². The van der Waals surface area contributed by atoms with Crippen molar-refractivity contribution < 1.29 is 9.90 Å². The number of carboxylic acids is 1. The smallest absolute Gasteiger partial charge is 0.342 e. The Labute approximate surface area is 97.3 Å². The fourth-order valence-electron chi connectivity index (χ4n) is 1.13. The molecule has 0 radical (unpaired) electrons. The SMILES string of the molecule is CCCCCSc1ncc(C(=O)O)c(=O)[nH]1. The second-order valence-electron chi connectivity index (χ2n) is 3.29. The molecule has 0 unspecified atom stereocenters. The molecule has 0 saturated heterocycles. The predicted molar refractivity (Wildman–Crippen MR) is 62.1 cm³/mol. The quantitative estimate of drug-likeness (QED) is 0.451. The summed E-state index contributed by atoms with van der Waals surface area (Å²) in [6.07, 6.45) is 4.45. The van der Waals surface area contributed by atoms with Crippen molar-refractivity contribution in [1.29, 1.82) is 0 Å². The highest BCUT2D eigenvalue weighted by Gasteiger charge is 2.09. The van der Waals surface area contributed by atoms with Crippen molar-refractivity contribution in [2.45, 2.75) is 31.3 Å². The molecule has 0 bridgehead atoms. The Hall–Kier alpha value is -1.30. The van der Waals surface area contributed by atoms with Crippen LogP contribution in [-0.4, -0.2) is 26.8 Å². The first-order chi connectivity index (χ1) is 7.65. The van der Waals surface area contributed by atoms with E-state index in [1.807, 2.05) is 0 Å². The van der Waals surface area contributed by atoms with Gasteiger partial charge in [0.15, 0.2) is 5.16 Å². The van der Waals surface area contributed by atoms with Crippen LogP contribution in [0.25, 0.3) is 0 Å². The third-order valence-electron chi connectivity index (χ3n) is 1.99. The lowest BCUT2D eigenvalue weighted by Gasteiger charge is -2.00. The predicted octanol–water partition coefficient (Wildman–Crippen LogP) is 1.75. The van der Waals surface area contributed by atoms with E-state index in [0.717, 1.165) is 31.2 Å². The molecule has 5 nitrogen and oxygen atoms in total. The van der Waals surface area contributed by atoms with Gasteiger partial charge in [0.2, 0.25) is 0 Å². The fourth-order valence-corrected chi connectivity index (χ4v) is 1.96. The van der Waals surface area contributed by atoms with Gasteiger partial charge in [0.25, 0.3) is 5.56 Å². The first-order valence-corrected chi connectivity index (χ1v) is 6.09. The minimum absolute atomic E-state index is 0.321. The van der Waals surface area contributed by atoms with Crippen LogP contribution in [0.5, 0.6) is 0 Å². The monoisotopic (exact) mass is 242 g/mol. The summed E-state index contributed by atoms with van der Waals surface area (Å²) in [5.74, 6) is -0.375. The summed E-state index contributed by atoms with van der Waals surface area (Å²) in [4.78, 5) is 28.2. The molecule has 6 heteroatoms. The normalized spacial score (nSPS) is 10.3. The first-order valence-electron chi connectivity index (χ1n) is 5.10. The van der Waals surface area contributed by atoms with Crippen LogP contribution in [0.4, 0.5) is 0 Å². The van der Waals surface area contributed by atoms with Crippen LogP contribution in [0, 0.1) is 0 Å². The number of aromatic amines is 1. The summed E-state index contributed by atoms with van der Waals surface area (Å²) in [6, 6.07) is 0. The van der Waals surface area contributed by atoms with Gasteiger partial charge in [0, 0.05) is 11.9 Å². The highest BCUT2D eigenvalue weighted by Crippen LogP contribution is 2.13. The summed E-state index contributed by atoms with van der Waals surface area (Å²) >= 11 is 1.44. The maximum Gasteiger partial charge on any atom is 0.342 e. The summed E-state index contributed by atoms with van der Waals surface area (Å²) in [6.45, 7) is 2.12. The van der Waals surface area contributed by atoms with Crippen molar-refractivity contribution in [2.24, 2.45) is 0 Å². The lowest BCUT2D eigenvalue weighted by atomic mass is 10.3. The second kappa shape index (κ2) is 6.32. The Kier molecular flexibility index (Phi) is 5.04. The van der Waals surface area contributed by atoms with Crippen molar-refractivity contribution in [3.63, 3.8) is 0 Å². The van der Waals surface area contributed by atoms with Gasteiger partial charge in [-0.15, -0.1) is 0 Å². The number of carboxylic acid groups (broad SMARTS) is 1. The van der Waals surface area contributed by atoms with Crippen molar-refractivity contribution in [1.82, 2.24) is 9.97 Å². The van der Waals surface area contributed by atoms with Crippen LogP contribution >= 0.6 is 11.8 Å². The zero-order valence-corrected chi connectivity index (χ0v) is 9.84. The number of aromatic carboxylic acids is 1. The van der Waals surface area contributed by atoms with Crippen molar-refractivity contribution in [2.75, 3.05) is 5.75 Å². The molecule has 0 fully saturated rings. The molecule has 0 amide bonds. The average Bonchev–Trinajstić information content (AvgIpc) is 2.24. The Morgan fingerprint density at radius 1 is 1.56 bits per heavy atom. The maximum atomic E-state index is 11.3. The van der Waals surface area contributed by atoms with Gasteiger partial charge >= 0.3 is 5.97 Å². The number of unbranched alkanes of at least 4 members (excludes halogenated alkanes) is 2. The van der Waals surface area contributed by atoms with Crippen LogP contribution in [0.3, 0.4) is 0 Å².